The first-order valence-corrected chi connectivity index (χ1v) is 4.69. The van der Waals surface area contributed by atoms with Gasteiger partial charge in [-0.05, 0) is 12.5 Å². The van der Waals surface area contributed by atoms with Crippen molar-refractivity contribution in [1.29, 1.82) is 5.26 Å². The summed E-state index contributed by atoms with van der Waals surface area (Å²) in [5.41, 5.74) is 5.12. The Hall–Kier alpha value is -2.20. The molecule has 0 aliphatic heterocycles. The molecule has 1 aliphatic rings. The summed E-state index contributed by atoms with van der Waals surface area (Å²) < 4.78 is 0. The molecule has 1 heterocycles. The minimum atomic E-state index is -0.627. The molecule has 0 radical (unpaired) electrons. The molecule has 1 saturated carbocycles. The Morgan fingerprint density at radius 1 is 1.69 bits per heavy atom. The van der Waals surface area contributed by atoms with Crippen LogP contribution in [0.5, 0.6) is 0 Å². The van der Waals surface area contributed by atoms with E-state index in [2.05, 4.69) is 10.3 Å². The number of pyridine rings is 1. The normalized spacial score (nSPS) is 22.2. The Morgan fingerprint density at radius 3 is 2.88 bits per heavy atom. The largest absolute Gasteiger partial charge is 0.366 e. The quantitative estimate of drug-likeness (QED) is 0.560. The minimum absolute atomic E-state index is 0.0996. The molecule has 7 nitrogen and oxygen atoms in total. The molecule has 0 spiro atoms. The number of rotatable bonds is 3. The fraction of sp³-hybridized carbons (Fsp3) is 0.333. The molecule has 3 N–H and O–H groups in total. The summed E-state index contributed by atoms with van der Waals surface area (Å²) in [5, 5.41) is 22.3. The predicted octanol–water partition coefficient (Wildman–Crippen LogP) is 0.373. The average Bonchev–Trinajstić information content (AvgIpc) is 2.93. The van der Waals surface area contributed by atoms with E-state index < -0.39 is 4.92 Å². The maximum Gasteiger partial charge on any atom is 0.305 e. The van der Waals surface area contributed by atoms with Crippen molar-refractivity contribution in [2.24, 2.45) is 5.73 Å². The van der Waals surface area contributed by atoms with Gasteiger partial charge < -0.3 is 11.1 Å². The zero-order chi connectivity index (χ0) is 11.7. The summed E-state index contributed by atoms with van der Waals surface area (Å²) >= 11 is 0. The number of aromatic nitrogens is 1. The number of nitrogens with one attached hydrogen (secondary N) is 1. The molecule has 16 heavy (non-hydrogen) atoms. The number of anilines is 1. The molecular weight excluding hydrogens is 210 g/mol. The lowest BCUT2D eigenvalue weighted by molar-refractivity contribution is -0.385. The first-order valence-electron chi connectivity index (χ1n) is 4.69. The second kappa shape index (κ2) is 3.75. The molecule has 0 saturated heterocycles. The third-order valence-corrected chi connectivity index (χ3v) is 2.35. The third kappa shape index (κ3) is 1.92. The van der Waals surface area contributed by atoms with Gasteiger partial charge in [-0.2, -0.15) is 5.26 Å². The van der Waals surface area contributed by atoms with E-state index in [-0.39, 0.29) is 23.5 Å². The highest BCUT2D eigenvalue weighted by atomic mass is 16.6. The highest BCUT2D eigenvalue weighted by Gasteiger charge is 2.33. The predicted molar refractivity (Wildman–Crippen MR) is 55.6 cm³/mol. The highest BCUT2D eigenvalue weighted by Crippen LogP contribution is 2.24. The Morgan fingerprint density at radius 2 is 2.38 bits per heavy atom. The highest BCUT2D eigenvalue weighted by molar-refractivity contribution is 5.51. The van der Waals surface area contributed by atoms with Crippen LogP contribution >= 0.6 is 0 Å². The molecule has 2 rings (SSSR count). The Balaban J connectivity index is 2.23. The van der Waals surface area contributed by atoms with Gasteiger partial charge in [-0.1, -0.05) is 0 Å². The lowest BCUT2D eigenvalue weighted by Gasteiger charge is -2.03. The lowest BCUT2D eigenvalue weighted by Crippen LogP contribution is -2.14. The van der Waals surface area contributed by atoms with E-state index in [1.807, 2.05) is 0 Å². The number of nitrogens with zero attached hydrogens (tertiary/aromatic N) is 3. The number of nitrogens with two attached hydrogens (primary N) is 1. The van der Waals surface area contributed by atoms with Crippen molar-refractivity contribution in [1.82, 2.24) is 4.98 Å². The molecule has 1 aliphatic carbocycles. The van der Waals surface area contributed by atoms with E-state index >= 15 is 0 Å². The summed E-state index contributed by atoms with van der Waals surface area (Å²) in [4.78, 5) is 13.8. The SMILES string of the molecule is N#Cc1nc(NC2CC2N)ccc1[N+](=O)[O-]. The first-order chi connectivity index (χ1) is 7.61. The summed E-state index contributed by atoms with van der Waals surface area (Å²) in [6.07, 6.45) is 0.848. The van der Waals surface area contributed by atoms with Gasteiger partial charge >= 0.3 is 5.69 Å². The van der Waals surface area contributed by atoms with Gasteiger partial charge in [-0.15, -0.1) is 0 Å². The van der Waals surface area contributed by atoms with E-state index in [4.69, 9.17) is 11.0 Å². The van der Waals surface area contributed by atoms with Gasteiger partial charge in [0.2, 0.25) is 5.69 Å². The van der Waals surface area contributed by atoms with E-state index in [1.54, 1.807) is 6.07 Å². The van der Waals surface area contributed by atoms with Crippen LogP contribution in [0.3, 0.4) is 0 Å². The lowest BCUT2D eigenvalue weighted by atomic mass is 10.3. The molecule has 7 heteroatoms. The number of nitro groups is 1. The van der Waals surface area contributed by atoms with Crippen molar-refractivity contribution in [2.75, 3.05) is 5.32 Å². The zero-order valence-electron chi connectivity index (χ0n) is 8.25. The second-order valence-electron chi connectivity index (χ2n) is 3.58. The van der Waals surface area contributed by atoms with E-state index in [0.29, 0.717) is 5.82 Å². The minimum Gasteiger partial charge on any atom is -0.366 e. The van der Waals surface area contributed by atoms with Crippen LogP contribution in [-0.4, -0.2) is 22.0 Å². The molecule has 1 aromatic rings. The van der Waals surface area contributed by atoms with Crippen molar-refractivity contribution < 1.29 is 4.92 Å². The van der Waals surface area contributed by atoms with Crippen LogP contribution in [0.4, 0.5) is 11.5 Å². The van der Waals surface area contributed by atoms with E-state index in [0.717, 1.165) is 6.42 Å². The molecule has 0 amide bonds. The molecule has 2 atom stereocenters. The fourth-order valence-corrected chi connectivity index (χ4v) is 1.33. The molecule has 0 aromatic carbocycles. The Bertz CT molecular complexity index is 481. The van der Waals surface area contributed by atoms with Crippen LogP contribution in [0.2, 0.25) is 0 Å². The number of hydrogen-bond acceptors (Lipinski definition) is 6. The molecule has 82 valence electrons. The van der Waals surface area contributed by atoms with Crippen molar-refractivity contribution >= 4 is 11.5 Å². The molecular formula is C9H9N5O2. The molecule has 1 aromatic heterocycles. The average molecular weight is 219 g/mol. The van der Waals surface area contributed by atoms with Crippen LogP contribution in [0.15, 0.2) is 12.1 Å². The zero-order valence-corrected chi connectivity index (χ0v) is 8.25. The maximum absolute atomic E-state index is 10.6. The standard InChI is InChI=1S/C9H9N5O2/c10-4-7-8(14(15)16)1-2-9(13-7)12-6-3-5(6)11/h1-2,5-6H,3,11H2,(H,12,13). The van der Waals surface area contributed by atoms with Gasteiger partial charge in [0.1, 0.15) is 11.9 Å². The topological polar surface area (TPSA) is 118 Å². The van der Waals surface area contributed by atoms with Crippen molar-refractivity contribution in [3.05, 3.63) is 27.9 Å². The van der Waals surface area contributed by atoms with Gasteiger partial charge in [-0.25, -0.2) is 4.98 Å². The number of hydrogen-bond donors (Lipinski definition) is 2. The smallest absolute Gasteiger partial charge is 0.305 e. The molecule has 2 unspecified atom stereocenters. The van der Waals surface area contributed by atoms with Crippen molar-refractivity contribution in [2.45, 2.75) is 18.5 Å². The van der Waals surface area contributed by atoms with Gasteiger partial charge in [0.25, 0.3) is 0 Å². The van der Waals surface area contributed by atoms with E-state index in [9.17, 15) is 10.1 Å². The van der Waals surface area contributed by atoms with Crippen LogP contribution in [0.25, 0.3) is 0 Å². The van der Waals surface area contributed by atoms with E-state index in [1.165, 1.54) is 12.1 Å². The molecule has 0 bridgehead atoms. The second-order valence-corrected chi connectivity index (χ2v) is 3.58. The summed E-state index contributed by atoms with van der Waals surface area (Å²) in [6.45, 7) is 0. The maximum atomic E-state index is 10.6. The van der Waals surface area contributed by atoms with Gasteiger partial charge in [0.05, 0.1) is 4.92 Å². The van der Waals surface area contributed by atoms with Crippen LogP contribution in [0.1, 0.15) is 12.1 Å². The number of nitriles is 1. The summed E-state index contributed by atoms with van der Waals surface area (Å²) in [7, 11) is 0. The van der Waals surface area contributed by atoms with Crippen molar-refractivity contribution in [3.63, 3.8) is 0 Å². The monoisotopic (exact) mass is 219 g/mol. The summed E-state index contributed by atoms with van der Waals surface area (Å²) in [5.74, 6) is 0.445. The molecule has 1 fully saturated rings. The van der Waals surface area contributed by atoms with Gasteiger partial charge in [0.15, 0.2) is 0 Å². The third-order valence-electron chi connectivity index (χ3n) is 2.35. The van der Waals surface area contributed by atoms with Crippen molar-refractivity contribution in [3.8, 4) is 6.07 Å². The van der Waals surface area contributed by atoms with Crippen LogP contribution < -0.4 is 11.1 Å². The van der Waals surface area contributed by atoms with Crippen LogP contribution in [-0.2, 0) is 0 Å². The summed E-state index contributed by atoms with van der Waals surface area (Å²) in [6, 6.07) is 4.69. The van der Waals surface area contributed by atoms with Crippen LogP contribution in [0, 0.1) is 21.4 Å². The van der Waals surface area contributed by atoms with Gasteiger partial charge in [-0.3, -0.25) is 10.1 Å². The Kier molecular flexibility index (Phi) is 2.42. The first kappa shape index (κ1) is 10.3. The Labute approximate surface area is 91.0 Å². The van der Waals surface area contributed by atoms with Gasteiger partial charge in [0, 0.05) is 18.2 Å². The fourth-order valence-electron chi connectivity index (χ4n) is 1.33.